The Bertz CT molecular complexity index is 1940. The van der Waals surface area contributed by atoms with E-state index in [-0.39, 0.29) is 50.8 Å². The molecule has 15 nitrogen and oxygen atoms in total. The number of amides is 2. The van der Waals surface area contributed by atoms with Crippen molar-refractivity contribution in [2.45, 2.75) is 95.5 Å². The smallest absolute Gasteiger partial charge is 0.413 e. The number of unbranched alkanes of at least 4 members (excludes halogenated alkanes) is 1. The van der Waals surface area contributed by atoms with Crippen LogP contribution in [-0.4, -0.2) is 77.1 Å². The van der Waals surface area contributed by atoms with Crippen LogP contribution in [0.25, 0.3) is 0 Å². The van der Waals surface area contributed by atoms with Crippen molar-refractivity contribution in [1.29, 1.82) is 0 Å². The molecule has 0 bridgehead atoms. The van der Waals surface area contributed by atoms with Gasteiger partial charge in [-0.25, -0.2) is 14.4 Å². The van der Waals surface area contributed by atoms with Crippen molar-refractivity contribution in [3.8, 4) is 0 Å². The fraction of sp³-hybridized carbons (Fsp3) is 0.419. The Balaban J connectivity index is 1.14. The minimum Gasteiger partial charge on any atom is -0.459 e. The van der Waals surface area contributed by atoms with Gasteiger partial charge in [-0.15, -0.1) is 0 Å². The summed E-state index contributed by atoms with van der Waals surface area (Å²) in [4.78, 5) is 48.3. The molecule has 2 unspecified atom stereocenters. The second-order valence-electron chi connectivity index (χ2n) is 14.0. The number of carbonyl (C=O) groups is 3. The highest BCUT2D eigenvalue weighted by atomic mass is 16.7. The Labute approximate surface area is 337 Å². The van der Waals surface area contributed by atoms with Crippen LogP contribution >= 0.6 is 0 Å². The largest absolute Gasteiger partial charge is 0.459 e. The zero-order valence-corrected chi connectivity index (χ0v) is 32.4. The van der Waals surface area contributed by atoms with Crippen LogP contribution in [0.5, 0.6) is 0 Å². The number of alkyl carbamates (subject to hydrolysis) is 1. The van der Waals surface area contributed by atoms with Crippen LogP contribution in [0.4, 0.5) is 15.4 Å². The maximum Gasteiger partial charge on any atom is 0.413 e. The predicted molar refractivity (Wildman–Crippen MR) is 211 cm³/mol. The SMILES string of the molecule is O=C(Nc1ccn([C@@H]2O[C@H](CO)CC2OC2CCCCO2)/c(=N/CCCC[C@H](NC(=O)OCc2ccccc2)C(=O)OCc2ccccc2)n1)OCc1ccccc1. The maximum absolute atomic E-state index is 13.3. The Kier molecular flexibility index (Phi) is 16.2. The van der Waals surface area contributed by atoms with E-state index in [9.17, 15) is 19.5 Å². The number of nitrogens with zero attached hydrogens (tertiary/aromatic N) is 3. The van der Waals surface area contributed by atoms with E-state index in [4.69, 9.17) is 33.4 Å². The number of carbonyl (C=O) groups excluding carboxylic acids is 3. The molecule has 5 atom stereocenters. The normalized spacial score (nSPS) is 19.8. The van der Waals surface area contributed by atoms with Gasteiger partial charge < -0.3 is 38.8 Å². The van der Waals surface area contributed by atoms with Gasteiger partial charge in [0.25, 0.3) is 0 Å². The molecule has 0 saturated carbocycles. The second-order valence-corrected chi connectivity index (χ2v) is 14.0. The van der Waals surface area contributed by atoms with Crippen molar-refractivity contribution < 1.29 is 47.9 Å². The quantitative estimate of drug-likeness (QED) is 0.0617. The van der Waals surface area contributed by atoms with Gasteiger partial charge in [0, 0.05) is 25.8 Å². The molecule has 4 aromatic rings. The van der Waals surface area contributed by atoms with Gasteiger partial charge in [0.2, 0.25) is 5.62 Å². The molecule has 3 aromatic carbocycles. The molecule has 0 aliphatic carbocycles. The summed E-state index contributed by atoms with van der Waals surface area (Å²) in [5, 5.41) is 15.4. The summed E-state index contributed by atoms with van der Waals surface area (Å²) >= 11 is 0. The fourth-order valence-corrected chi connectivity index (χ4v) is 6.51. The van der Waals surface area contributed by atoms with Gasteiger partial charge in [0.15, 0.2) is 12.5 Å². The molecule has 2 amide bonds. The third kappa shape index (κ3) is 13.2. The van der Waals surface area contributed by atoms with Crippen LogP contribution in [-0.2, 0) is 53.0 Å². The minimum atomic E-state index is -0.966. The standard InChI is InChI=1S/C43H51N5O10/c49-27-34-26-36(58-38-21-11-13-25-53-38)39(57-34)48-24-22-37(47-43(52)56-30-33-18-8-3-9-19-33)46-41(48)44-23-12-10-20-35(40(50)54-28-31-14-4-1-5-15-31)45-42(51)55-29-32-16-6-2-7-17-32/h1-9,14-19,22,24,34-36,38-39,49H,10-13,20-21,23,25-30H2,(H,45,51)(H,44,46,47,52)/t34-,35-,36?,38?,39+/m0/s1. The number of aromatic nitrogens is 2. The van der Waals surface area contributed by atoms with Crippen molar-refractivity contribution in [2.24, 2.45) is 4.99 Å². The summed E-state index contributed by atoms with van der Waals surface area (Å²) in [7, 11) is 0. The average Bonchev–Trinajstić information content (AvgIpc) is 3.67. The van der Waals surface area contributed by atoms with Crippen molar-refractivity contribution in [3.05, 3.63) is 126 Å². The molecule has 15 heteroatoms. The number of esters is 1. The van der Waals surface area contributed by atoms with Crippen molar-refractivity contribution in [1.82, 2.24) is 14.9 Å². The van der Waals surface area contributed by atoms with E-state index in [0.717, 1.165) is 36.0 Å². The summed E-state index contributed by atoms with van der Waals surface area (Å²) in [6.07, 6.45) is 2.62. The average molecular weight is 798 g/mol. The lowest BCUT2D eigenvalue weighted by atomic mass is 10.1. The number of hydrogen-bond donors (Lipinski definition) is 3. The van der Waals surface area contributed by atoms with Crippen molar-refractivity contribution in [2.75, 3.05) is 25.1 Å². The lowest BCUT2D eigenvalue weighted by Gasteiger charge is -2.28. The zero-order chi connectivity index (χ0) is 40.4. The molecular formula is C43H51N5O10. The highest BCUT2D eigenvalue weighted by Crippen LogP contribution is 2.32. The van der Waals surface area contributed by atoms with Crippen LogP contribution in [0.3, 0.4) is 0 Å². The number of aliphatic hydroxyl groups is 1. The Morgan fingerprint density at radius 2 is 1.47 bits per heavy atom. The summed E-state index contributed by atoms with van der Waals surface area (Å²) in [5.41, 5.74) is 2.70. The maximum atomic E-state index is 13.3. The van der Waals surface area contributed by atoms with Gasteiger partial charge in [-0.3, -0.25) is 14.9 Å². The van der Waals surface area contributed by atoms with Gasteiger partial charge >= 0.3 is 18.2 Å². The number of hydrogen-bond acceptors (Lipinski definition) is 12. The van der Waals surface area contributed by atoms with Gasteiger partial charge in [-0.2, -0.15) is 4.98 Å². The molecular weight excluding hydrogens is 746 g/mol. The van der Waals surface area contributed by atoms with E-state index < -0.39 is 48.9 Å². The molecule has 0 spiro atoms. The van der Waals surface area contributed by atoms with Gasteiger partial charge in [-0.05, 0) is 61.3 Å². The summed E-state index contributed by atoms with van der Waals surface area (Å²) in [6.45, 7) is 0.868. The first-order chi connectivity index (χ1) is 28.4. The van der Waals surface area contributed by atoms with Crippen molar-refractivity contribution >= 4 is 24.0 Å². The summed E-state index contributed by atoms with van der Waals surface area (Å²) in [6, 6.07) is 28.5. The third-order valence-corrected chi connectivity index (χ3v) is 9.54. The summed E-state index contributed by atoms with van der Waals surface area (Å²) in [5.74, 6) is -0.378. The first kappa shape index (κ1) is 42.0. The van der Waals surface area contributed by atoms with Crippen LogP contribution in [0.1, 0.15) is 67.9 Å². The molecule has 308 valence electrons. The lowest BCUT2D eigenvalue weighted by Crippen LogP contribution is -2.42. The Hall–Kier alpha value is -5.61. The molecule has 3 heterocycles. The van der Waals surface area contributed by atoms with Crippen LogP contribution in [0.15, 0.2) is 108 Å². The van der Waals surface area contributed by atoms with Crippen molar-refractivity contribution in [3.63, 3.8) is 0 Å². The monoisotopic (exact) mass is 797 g/mol. The first-order valence-electron chi connectivity index (χ1n) is 19.7. The molecule has 0 radical (unpaired) electrons. The topological polar surface area (TPSA) is 181 Å². The molecule has 1 aromatic heterocycles. The third-order valence-electron chi connectivity index (χ3n) is 9.54. The van der Waals surface area contributed by atoms with Crippen LogP contribution in [0, 0.1) is 0 Å². The molecule has 2 aliphatic rings. The van der Waals surface area contributed by atoms with E-state index in [0.29, 0.717) is 25.9 Å². The first-order valence-corrected chi connectivity index (χ1v) is 19.7. The van der Waals surface area contributed by atoms with E-state index >= 15 is 0 Å². The second kappa shape index (κ2) is 22.4. The molecule has 2 saturated heterocycles. The molecule has 2 fully saturated rings. The molecule has 6 rings (SSSR count). The predicted octanol–water partition coefficient (Wildman–Crippen LogP) is 5.93. The van der Waals surface area contributed by atoms with Gasteiger partial charge in [-0.1, -0.05) is 91.0 Å². The number of nitrogens with one attached hydrogen (secondary N) is 2. The zero-order valence-electron chi connectivity index (χ0n) is 32.4. The highest BCUT2D eigenvalue weighted by molar-refractivity contribution is 5.83. The van der Waals surface area contributed by atoms with E-state index in [1.165, 1.54) is 0 Å². The van der Waals surface area contributed by atoms with Crippen LogP contribution < -0.4 is 16.3 Å². The Morgan fingerprint density at radius 1 is 0.828 bits per heavy atom. The number of rotatable bonds is 18. The highest BCUT2D eigenvalue weighted by Gasteiger charge is 2.39. The number of benzene rings is 3. The van der Waals surface area contributed by atoms with Gasteiger partial charge in [0.1, 0.15) is 37.8 Å². The van der Waals surface area contributed by atoms with Gasteiger partial charge in [0.05, 0.1) is 12.7 Å². The summed E-state index contributed by atoms with van der Waals surface area (Å²) < 4.78 is 36.6. The lowest BCUT2D eigenvalue weighted by molar-refractivity contribution is -0.205. The molecule has 2 aliphatic heterocycles. The van der Waals surface area contributed by atoms with E-state index in [2.05, 4.69) is 15.6 Å². The fourth-order valence-electron chi connectivity index (χ4n) is 6.51. The van der Waals surface area contributed by atoms with E-state index in [1.54, 1.807) is 16.8 Å². The van der Waals surface area contributed by atoms with Crippen LogP contribution in [0.2, 0.25) is 0 Å². The minimum absolute atomic E-state index is 0.0480. The number of aliphatic hydroxyl groups excluding tert-OH is 1. The molecule has 3 N–H and O–H groups in total. The van der Waals surface area contributed by atoms with E-state index in [1.807, 2.05) is 91.0 Å². The number of anilines is 1. The number of ether oxygens (including phenoxy) is 6. The Morgan fingerprint density at radius 3 is 2.09 bits per heavy atom. The molecule has 58 heavy (non-hydrogen) atoms.